The molecule has 0 spiro atoms. The highest BCUT2D eigenvalue weighted by molar-refractivity contribution is 7.22. The molecule has 7 nitrogen and oxygen atoms in total. The molecule has 0 aliphatic heterocycles. The Kier molecular flexibility index (Phi) is 7.83. The van der Waals surface area contributed by atoms with E-state index in [1.807, 2.05) is 56.3 Å². The summed E-state index contributed by atoms with van der Waals surface area (Å²) in [5.74, 6) is 1.27. The number of hydrogen-bond donors (Lipinski definition) is 1. The van der Waals surface area contributed by atoms with Crippen LogP contribution in [0.25, 0.3) is 16.3 Å². The number of ether oxygens (including phenoxy) is 3. The van der Waals surface area contributed by atoms with Gasteiger partial charge in [-0.15, -0.1) is 0 Å². The molecule has 3 aromatic carbocycles. The van der Waals surface area contributed by atoms with Gasteiger partial charge in [0.05, 0.1) is 23.9 Å². The van der Waals surface area contributed by atoms with Crippen LogP contribution in [0.3, 0.4) is 0 Å². The largest absolute Gasteiger partial charge is 0.494 e. The lowest BCUT2D eigenvalue weighted by atomic mass is 10.1. The molecule has 0 saturated carbocycles. The maximum Gasteiger partial charge on any atom is 0.268 e. The Hall–Kier alpha value is -4.35. The van der Waals surface area contributed by atoms with Gasteiger partial charge in [0.15, 0.2) is 16.6 Å². The zero-order valence-electron chi connectivity index (χ0n) is 20.2. The van der Waals surface area contributed by atoms with E-state index >= 15 is 0 Å². The third-order valence-electron chi connectivity index (χ3n) is 5.23. The number of carbonyl (C=O) groups is 1. The second kappa shape index (κ2) is 11.4. The first-order valence-electron chi connectivity index (χ1n) is 11.3. The quantitative estimate of drug-likeness (QED) is 0.220. The SMILES string of the molecule is CCOc1ccc2nc(NC(=O)/C(C#N)=C/c3ccc(OCc4cccc(C)c4)c(OC)c3)sc2c1. The van der Waals surface area contributed by atoms with E-state index < -0.39 is 5.91 Å². The molecular weight excluding hydrogens is 474 g/mol. The first-order chi connectivity index (χ1) is 17.5. The van der Waals surface area contributed by atoms with Gasteiger partial charge in [-0.1, -0.05) is 47.2 Å². The van der Waals surface area contributed by atoms with Gasteiger partial charge in [0.2, 0.25) is 0 Å². The zero-order chi connectivity index (χ0) is 25.5. The number of aryl methyl sites for hydroxylation is 1. The smallest absolute Gasteiger partial charge is 0.268 e. The molecule has 1 aromatic heterocycles. The van der Waals surface area contributed by atoms with Crippen LogP contribution < -0.4 is 19.5 Å². The summed E-state index contributed by atoms with van der Waals surface area (Å²) >= 11 is 1.32. The number of hydrogen-bond acceptors (Lipinski definition) is 7. The summed E-state index contributed by atoms with van der Waals surface area (Å²) in [6.07, 6.45) is 1.50. The maximum atomic E-state index is 12.8. The van der Waals surface area contributed by atoms with Crippen molar-refractivity contribution in [1.82, 2.24) is 4.98 Å². The van der Waals surface area contributed by atoms with Crippen LogP contribution in [0.15, 0.2) is 66.2 Å². The summed E-state index contributed by atoms with van der Waals surface area (Å²) < 4.78 is 17.8. The number of methoxy groups -OCH3 is 1. The summed E-state index contributed by atoms with van der Waals surface area (Å²) in [7, 11) is 1.55. The van der Waals surface area contributed by atoms with Gasteiger partial charge in [0.1, 0.15) is 24.0 Å². The molecule has 1 amide bonds. The van der Waals surface area contributed by atoms with E-state index in [-0.39, 0.29) is 5.57 Å². The van der Waals surface area contributed by atoms with Gasteiger partial charge < -0.3 is 14.2 Å². The second-order valence-electron chi connectivity index (χ2n) is 7.89. The molecule has 0 aliphatic rings. The van der Waals surface area contributed by atoms with Crippen molar-refractivity contribution in [3.63, 3.8) is 0 Å². The van der Waals surface area contributed by atoms with Crippen molar-refractivity contribution in [2.75, 3.05) is 19.0 Å². The fourth-order valence-electron chi connectivity index (χ4n) is 3.55. The van der Waals surface area contributed by atoms with Crippen LogP contribution in [0, 0.1) is 18.3 Å². The van der Waals surface area contributed by atoms with Crippen molar-refractivity contribution in [3.8, 4) is 23.3 Å². The van der Waals surface area contributed by atoms with Gasteiger partial charge in [-0.2, -0.15) is 5.26 Å². The number of rotatable bonds is 9. The third kappa shape index (κ3) is 6.01. The number of carbonyl (C=O) groups excluding carboxylic acids is 1. The minimum atomic E-state index is -0.541. The van der Waals surface area contributed by atoms with Gasteiger partial charge in [-0.3, -0.25) is 10.1 Å². The van der Waals surface area contributed by atoms with Gasteiger partial charge in [-0.05, 0) is 61.4 Å². The van der Waals surface area contributed by atoms with E-state index in [0.717, 1.165) is 27.1 Å². The highest BCUT2D eigenvalue weighted by Crippen LogP contribution is 2.31. The Labute approximate surface area is 213 Å². The molecular formula is C28H25N3O4S. The summed E-state index contributed by atoms with van der Waals surface area (Å²) in [5, 5.41) is 12.7. The van der Waals surface area contributed by atoms with E-state index in [4.69, 9.17) is 14.2 Å². The molecule has 0 radical (unpaired) electrons. The lowest BCUT2D eigenvalue weighted by Crippen LogP contribution is -2.13. The number of fused-ring (bicyclic) bond motifs is 1. The molecule has 0 bridgehead atoms. The number of aromatic nitrogens is 1. The van der Waals surface area contributed by atoms with Crippen molar-refractivity contribution >= 4 is 38.7 Å². The van der Waals surface area contributed by atoms with E-state index in [0.29, 0.717) is 35.4 Å². The Morgan fingerprint density at radius 2 is 1.97 bits per heavy atom. The highest BCUT2D eigenvalue weighted by atomic mass is 32.1. The fourth-order valence-corrected chi connectivity index (χ4v) is 4.44. The predicted molar refractivity (Wildman–Crippen MR) is 142 cm³/mol. The summed E-state index contributed by atoms with van der Waals surface area (Å²) in [6, 6.07) is 20.8. The monoisotopic (exact) mass is 499 g/mol. The first-order valence-corrected chi connectivity index (χ1v) is 12.1. The molecule has 0 atom stereocenters. The standard InChI is InChI=1S/C28H25N3O4S/c1-4-34-22-9-10-23-26(15-22)36-28(30-23)31-27(32)21(16-29)13-19-8-11-24(25(14-19)33-3)35-17-20-7-5-6-18(2)12-20/h5-15H,4,17H2,1-3H3,(H,30,31,32)/b21-13+. The number of nitriles is 1. The minimum absolute atomic E-state index is 0.0558. The minimum Gasteiger partial charge on any atom is -0.494 e. The summed E-state index contributed by atoms with van der Waals surface area (Å²) in [6.45, 7) is 4.91. The number of amides is 1. The van der Waals surface area contributed by atoms with Crippen LogP contribution >= 0.6 is 11.3 Å². The van der Waals surface area contributed by atoms with Crippen LogP contribution in [0.4, 0.5) is 5.13 Å². The Morgan fingerprint density at radius 3 is 2.72 bits per heavy atom. The van der Waals surface area contributed by atoms with Crippen LogP contribution in [0.5, 0.6) is 17.2 Å². The number of nitrogens with one attached hydrogen (secondary N) is 1. The van der Waals surface area contributed by atoms with Crippen LogP contribution in [-0.2, 0) is 11.4 Å². The maximum absolute atomic E-state index is 12.8. The van der Waals surface area contributed by atoms with Gasteiger partial charge in [0.25, 0.3) is 5.91 Å². The second-order valence-corrected chi connectivity index (χ2v) is 8.92. The van der Waals surface area contributed by atoms with Crippen molar-refractivity contribution in [3.05, 3.63) is 82.9 Å². The molecule has 4 aromatic rings. The van der Waals surface area contributed by atoms with E-state index in [9.17, 15) is 10.1 Å². The lowest BCUT2D eigenvalue weighted by Gasteiger charge is -2.12. The normalized spacial score (nSPS) is 11.1. The van der Waals surface area contributed by atoms with Crippen LogP contribution in [0.2, 0.25) is 0 Å². The van der Waals surface area contributed by atoms with E-state index in [1.54, 1.807) is 25.3 Å². The molecule has 182 valence electrons. The molecule has 0 aliphatic carbocycles. The van der Waals surface area contributed by atoms with Crippen molar-refractivity contribution in [1.29, 1.82) is 5.26 Å². The van der Waals surface area contributed by atoms with Crippen molar-refractivity contribution in [2.24, 2.45) is 0 Å². The van der Waals surface area contributed by atoms with Gasteiger partial charge in [0, 0.05) is 0 Å². The van der Waals surface area contributed by atoms with Gasteiger partial charge in [-0.25, -0.2) is 4.98 Å². The Morgan fingerprint density at radius 1 is 1.11 bits per heavy atom. The number of nitrogens with zero attached hydrogens (tertiary/aromatic N) is 2. The molecule has 8 heteroatoms. The van der Waals surface area contributed by atoms with Crippen molar-refractivity contribution in [2.45, 2.75) is 20.5 Å². The van der Waals surface area contributed by atoms with E-state index in [2.05, 4.69) is 16.4 Å². The van der Waals surface area contributed by atoms with E-state index in [1.165, 1.54) is 17.4 Å². The topological polar surface area (TPSA) is 93.5 Å². The summed E-state index contributed by atoms with van der Waals surface area (Å²) in [4.78, 5) is 17.2. The molecule has 36 heavy (non-hydrogen) atoms. The predicted octanol–water partition coefficient (Wildman–Crippen LogP) is 6.14. The summed E-state index contributed by atoms with van der Waals surface area (Å²) in [5.41, 5.74) is 3.53. The fraction of sp³-hybridized carbons (Fsp3) is 0.179. The number of benzene rings is 3. The molecule has 0 unspecified atom stereocenters. The number of anilines is 1. The average molecular weight is 500 g/mol. The highest BCUT2D eigenvalue weighted by Gasteiger charge is 2.14. The molecule has 1 heterocycles. The lowest BCUT2D eigenvalue weighted by molar-refractivity contribution is -0.112. The molecule has 0 fully saturated rings. The Bertz CT molecular complexity index is 1470. The van der Waals surface area contributed by atoms with Crippen LogP contribution in [-0.4, -0.2) is 24.6 Å². The molecule has 4 rings (SSSR count). The molecule has 1 N–H and O–H groups in total. The number of thiazole rings is 1. The molecule has 0 saturated heterocycles. The first kappa shape index (κ1) is 24.8. The van der Waals surface area contributed by atoms with Gasteiger partial charge >= 0.3 is 0 Å². The zero-order valence-corrected chi connectivity index (χ0v) is 21.0. The average Bonchev–Trinajstić information content (AvgIpc) is 3.28. The van der Waals surface area contributed by atoms with Crippen molar-refractivity contribution < 1.29 is 19.0 Å². The van der Waals surface area contributed by atoms with Crippen LogP contribution in [0.1, 0.15) is 23.6 Å². The Balaban J connectivity index is 1.48. The third-order valence-corrected chi connectivity index (χ3v) is 6.17.